The Hall–Kier alpha value is -1.91. The van der Waals surface area contributed by atoms with Gasteiger partial charge in [0.05, 0.1) is 10.3 Å². The zero-order valence-electron chi connectivity index (χ0n) is 24.8. The van der Waals surface area contributed by atoms with Gasteiger partial charge in [0.15, 0.2) is 0 Å². The Kier molecular flexibility index (Phi) is 17.1. The van der Waals surface area contributed by atoms with Crippen LogP contribution in [0.5, 0.6) is 0 Å². The third-order valence-electron chi connectivity index (χ3n) is 7.08. The van der Waals surface area contributed by atoms with Crippen molar-refractivity contribution in [2.45, 2.75) is 129 Å². The number of hydrogen-bond acceptors (Lipinski definition) is 4. The molecule has 0 aliphatic carbocycles. The van der Waals surface area contributed by atoms with E-state index in [9.17, 15) is 4.79 Å². The number of carbonyl (C=O) groups is 1. The topological polar surface area (TPSA) is 26.3 Å². The molecule has 2 aromatic rings. The van der Waals surface area contributed by atoms with Crippen molar-refractivity contribution in [2.75, 3.05) is 0 Å². The largest absolute Gasteiger partial charge is 0.459 e. The lowest BCUT2D eigenvalue weighted by molar-refractivity contribution is -0.143. The van der Waals surface area contributed by atoms with Crippen molar-refractivity contribution in [2.24, 2.45) is 0 Å². The highest BCUT2D eigenvalue weighted by Crippen LogP contribution is 2.25. The van der Waals surface area contributed by atoms with Gasteiger partial charge < -0.3 is 4.74 Å². The molecule has 4 heteroatoms. The SMILES string of the molecule is CCCCCCCCCCc1ccc(C(=S)Sc2ccc(/C=C(\C)C(=O)O[C@H](C)CCCCCC)cc2)cc1. The number of thioether (sulfide) groups is 1. The second-order valence-electron chi connectivity index (χ2n) is 10.8. The van der Waals surface area contributed by atoms with Gasteiger partial charge in [-0.2, -0.15) is 0 Å². The highest BCUT2D eigenvalue weighted by Gasteiger charge is 2.11. The fourth-order valence-corrected chi connectivity index (χ4v) is 5.74. The molecule has 2 rings (SSSR count). The van der Waals surface area contributed by atoms with Crippen molar-refractivity contribution < 1.29 is 9.53 Å². The van der Waals surface area contributed by atoms with Gasteiger partial charge in [0.2, 0.25) is 0 Å². The summed E-state index contributed by atoms with van der Waals surface area (Å²) in [6.45, 7) is 8.28. The van der Waals surface area contributed by atoms with E-state index in [2.05, 4.69) is 50.2 Å². The summed E-state index contributed by atoms with van der Waals surface area (Å²) in [5.41, 5.74) is 4.11. The maximum atomic E-state index is 12.5. The summed E-state index contributed by atoms with van der Waals surface area (Å²) in [6.07, 6.45) is 19.5. The van der Waals surface area contributed by atoms with Crippen LogP contribution < -0.4 is 0 Å². The molecule has 214 valence electrons. The summed E-state index contributed by atoms with van der Waals surface area (Å²) in [7, 11) is 0. The van der Waals surface area contributed by atoms with Crippen LogP contribution in [0.3, 0.4) is 0 Å². The molecular weight excluding hydrogens is 517 g/mol. The molecule has 1 atom stereocenters. The third-order valence-corrected chi connectivity index (χ3v) is 8.49. The minimum absolute atomic E-state index is 0.0448. The maximum absolute atomic E-state index is 12.5. The zero-order chi connectivity index (χ0) is 28.3. The first-order valence-corrected chi connectivity index (χ1v) is 16.5. The summed E-state index contributed by atoms with van der Waals surface area (Å²) >= 11 is 7.33. The Morgan fingerprint density at radius 1 is 0.821 bits per heavy atom. The molecule has 0 radical (unpaired) electrons. The summed E-state index contributed by atoms with van der Waals surface area (Å²) in [4.78, 5) is 13.6. The molecule has 0 aromatic heterocycles. The second-order valence-corrected chi connectivity index (χ2v) is 12.5. The van der Waals surface area contributed by atoms with E-state index in [1.165, 1.54) is 76.2 Å². The fourth-order valence-electron chi connectivity index (χ4n) is 4.57. The van der Waals surface area contributed by atoms with Crippen molar-refractivity contribution in [3.05, 3.63) is 70.8 Å². The van der Waals surface area contributed by atoms with Crippen molar-refractivity contribution >= 4 is 40.2 Å². The van der Waals surface area contributed by atoms with Crippen LogP contribution >= 0.6 is 24.0 Å². The van der Waals surface area contributed by atoms with Crippen LogP contribution in [0.15, 0.2) is 59.0 Å². The average Bonchev–Trinajstić information content (AvgIpc) is 2.94. The van der Waals surface area contributed by atoms with E-state index in [-0.39, 0.29) is 12.1 Å². The predicted octanol–water partition coefficient (Wildman–Crippen LogP) is 11.1. The van der Waals surface area contributed by atoms with E-state index < -0.39 is 0 Å². The van der Waals surface area contributed by atoms with E-state index in [1.54, 1.807) is 11.8 Å². The molecule has 0 amide bonds. The highest BCUT2D eigenvalue weighted by molar-refractivity contribution is 8.23. The maximum Gasteiger partial charge on any atom is 0.333 e. The zero-order valence-corrected chi connectivity index (χ0v) is 26.4. The van der Waals surface area contributed by atoms with Crippen LogP contribution in [0.4, 0.5) is 0 Å². The molecule has 0 aliphatic heterocycles. The highest BCUT2D eigenvalue weighted by atomic mass is 32.2. The Labute approximate surface area is 248 Å². The molecule has 0 spiro atoms. The normalized spacial score (nSPS) is 12.4. The van der Waals surface area contributed by atoms with Crippen molar-refractivity contribution in [3.63, 3.8) is 0 Å². The predicted molar refractivity (Wildman–Crippen MR) is 175 cm³/mol. The molecule has 0 fully saturated rings. The lowest BCUT2D eigenvalue weighted by Gasteiger charge is -2.13. The monoisotopic (exact) mass is 566 g/mol. The van der Waals surface area contributed by atoms with Gasteiger partial charge in [-0.15, -0.1) is 0 Å². The molecule has 0 unspecified atom stereocenters. The fraction of sp³-hybridized carbons (Fsp3) is 0.543. The van der Waals surface area contributed by atoms with E-state index in [0.29, 0.717) is 5.57 Å². The van der Waals surface area contributed by atoms with Crippen LogP contribution in [-0.2, 0) is 16.0 Å². The number of rotatable bonds is 19. The number of ether oxygens (including phenoxy) is 1. The van der Waals surface area contributed by atoms with Crippen LogP contribution in [0, 0.1) is 0 Å². The molecule has 0 aliphatic rings. The van der Waals surface area contributed by atoms with Crippen molar-refractivity contribution in [1.82, 2.24) is 0 Å². The molecule has 39 heavy (non-hydrogen) atoms. The quantitative estimate of drug-likeness (QED) is 0.0555. The van der Waals surface area contributed by atoms with Crippen LogP contribution in [-0.4, -0.2) is 16.3 Å². The van der Waals surface area contributed by atoms with Crippen molar-refractivity contribution in [3.8, 4) is 0 Å². The molecule has 2 aromatic carbocycles. The summed E-state index contributed by atoms with van der Waals surface area (Å²) < 4.78 is 6.50. The Balaban J connectivity index is 1.75. The van der Waals surface area contributed by atoms with Crippen LogP contribution in [0.1, 0.15) is 128 Å². The van der Waals surface area contributed by atoms with E-state index >= 15 is 0 Å². The number of aryl methyl sites for hydroxylation is 1. The molecule has 0 heterocycles. The number of benzene rings is 2. The van der Waals surface area contributed by atoms with Gasteiger partial charge in [-0.1, -0.05) is 138 Å². The number of carbonyl (C=O) groups excluding carboxylic acids is 1. The second kappa shape index (κ2) is 20.0. The van der Waals surface area contributed by atoms with Gasteiger partial charge >= 0.3 is 5.97 Å². The van der Waals surface area contributed by atoms with E-state index in [1.807, 2.05) is 32.1 Å². The number of esters is 1. The molecular formula is C35H50O2S2. The summed E-state index contributed by atoms with van der Waals surface area (Å²) in [5.74, 6) is -0.233. The average molecular weight is 567 g/mol. The lowest BCUT2D eigenvalue weighted by atomic mass is 10.0. The van der Waals surface area contributed by atoms with Gasteiger partial charge in [0, 0.05) is 10.5 Å². The standard InChI is InChI=1S/C35H50O2S2/c1-5-7-9-11-12-13-14-16-18-30-19-23-32(24-20-30)35(38)39-33-25-21-31(22-26-33)27-28(3)34(36)37-29(4)17-15-10-8-6-2/h19-27,29H,5-18H2,1-4H3/b28-27+/t29-/m1/s1. The minimum atomic E-state index is -0.233. The molecule has 0 saturated heterocycles. The molecule has 0 saturated carbocycles. The lowest BCUT2D eigenvalue weighted by Crippen LogP contribution is -2.15. The first-order valence-electron chi connectivity index (χ1n) is 15.2. The summed E-state index contributed by atoms with van der Waals surface area (Å²) in [5, 5.41) is 0. The summed E-state index contributed by atoms with van der Waals surface area (Å²) in [6, 6.07) is 17.0. The van der Waals surface area contributed by atoms with Crippen molar-refractivity contribution in [1.29, 1.82) is 0 Å². The molecule has 0 bridgehead atoms. The van der Waals surface area contributed by atoms with Gasteiger partial charge in [-0.05, 0) is 74.4 Å². The van der Waals surface area contributed by atoms with E-state index in [0.717, 1.165) is 39.5 Å². The number of hydrogen-bond donors (Lipinski definition) is 0. The third kappa shape index (κ3) is 14.3. The van der Waals surface area contributed by atoms with Gasteiger partial charge in [0.1, 0.15) is 0 Å². The van der Waals surface area contributed by atoms with Crippen LogP contribution in [0.25, 0.3) is 6.08 Å². The number of thiocarbonyl (C=S) groups is 1. The van der Waals surface area contributed by atoms with Gasteiger partial charge in [-0.25, -0.2) is 4.79 Å². The number of unbranched alkanes of at least 4 members (excludes halogenated alkanes) is 10. The Morgan fingerprint density at radius 2 is 1.38 bits per heavy atom. The minimum Gasteiger partial charge on any atom is -0.459 e. The Morgan fingerprint density at radius 3 is 2.00 bits per heavy atom. The van der Waals surface area contributed by atoms with Gasteiger partial charge in [-0.3, -0.25) is 0 Å². The smallest absolute Gasteiger partial charge is 0.333 e. The first kappa shape index (κ1) is 33.3. The Bertz CT molecular complexity index is 992. The van der Waals surface area contributed by atoms with Gasteiger partial charge in [0.25, 0.3) is 0 Å². The molecule has 0 N–H and O–H groups in total. The van der Waals surface area contributed by atoms with E-state index in [4.69, 9.17) is 17.0 Å². The molecule has 2 nitrogen and oxygen atoms in total. The first-order chi connectivity index (χ1) is 18.9. The van der Waals surface area contributed by atoms with Crippen LogP contribution in [0.2, 0.25) is 0 Å².